The Kier molecular flexibility index (Phi) is 2.49. The van der Waals surface area contributed by atoms with Crippen LogP contribution in [0.1, 0.15) is 6.42 Å². The number of aryl methyl sites for hydroxylation is 1. The molecule has 0 saturated carbocycles. The minimum absolute atomic E-state index is 0.0978. The Hall–Kier alpha value is -1.36. The molecule has 0 bridgehead atoms. The van der Waals surface area contributed by atoms with E-state index in [0.29, 0.717) is 12.4 Å². The second-order valence-corrected chi connectivity index (χ2v) is 3.40. The topological polar surface area (TPSA) is 56.1 Å². The monoisotopic (exact) mass is 195 g/mol. The Labute approximate surface area is 81.7 Å². The number of anilines is 1. The molecule has 1 N–H and O–H groups in total. The summed E-state index contributed by atoms with van der Waals surface area (Å²) in [5, 5.41) is 3.08. The predicted molar refractivity (Wildman–Crippen MR) is 52.3 cm³/mol. The van der Waals surface area contributed by atoms with Crippen LogP contribution in [0.2, 0.25) is 0 Å². The van der Waals surface area contributed by atoms with Crippen LogP contribution >= 0.6 is 0 Å². The summed E-state index contributed by atoms with van der Waals surface area (Å²) in [6, 6.07) is 0.220. The van der Waals surface area contributed by atoms with Crippen LogP contribution in [-0.4, -0.2) is 28.8 Å². The van der Waals surface area contributed by atoms with Gasteiger partial charge in [0.1, 0.15) is 0 Å². The van der Waals surface area contributed by atoms with Crippen molar-refractivity contribution in [3.05, 3.63) is 22.7 Å². The van der Waals surface area contributed by atoms with Gasteiger partial charge in [-0.3, -0.25) is 4.79 Å². The summed E-state index contributed by atoms with van der Waals surface area (Å²) in [4.78, 5) is 15.6. The van der Waals surface area contributed by atoms with E-state index < -0.39 is 0 Å². The Morgan fingerprint density at radius 1 is 1.71 bits per heavy atom. The molecule has 1 atom stereocenters. The summed E-state index contributed by atoms with van der Waals surface area (Å²) in [5.41, 5.74) is -0.0978. The van der Waals surface area contributed by atoms with Crippen LogP contribution in [0.25, 0.3) is 0 Å². The molecular weight excluding hydrogens is 182 g/mol. The highest BCUT2D eigenvalue weighted by Crippen LogP contribution is 2.07. The first-order valence-corrected chi connectivity index (χ1v) is 4.63. The van der Waals surface area contributed by atoms with Gasteiger partial charge in [0.25, 0.3) is 5.56 Å². The highest BCUT2D eigenvalue weighted by Gasteiger charge is 2.16. The van der Waals surface area contributed by atoms with E-state index in [4.69, 9.17) is 4.74 Å². The van der Waals surface area contributed by atoms with E-state index >= 15 is 0 Å². The van der Waals surface area contributed by atoms with Crippen molar-refractivity contribution in [2.45, 2.75) is 12.5 Å². The number of nitrogens with one attached hydrogen (secondary N) is 1. The zero-order valence-corrected chi connectivity index (χ0v) is 8.06. The van der Waals surface area contributed by atoms with E-state index in [1.807, 2.05) is 0 Å². The number of aromatic nitrogens is 2. The molecule has 1 saturated heterocycles. The third-order valence-corrected chi connectivity index (χ3v) is 2.29. The number of hydrogen-bond acceptors (Lipinski definition) is 4. The van der Waals surface area contributed by atoms with Gasteiger partial charge in [0.2, 0.25) is 0 Å². The van der Waals surface area contributed by atoms with Gasteiger partial charge in [-0.15, -0.1) is 0 Å². The average Bonchev–Trinajstić information content (AvgIpc) is 2.66. The standard InChI is InChI=1S/C9H13N3O2/c1-12-4-3-10-8(9(12)13)11-7-2-5-14-6-7/h3-4,7H,2,5-6H2,1H3,(H,10,11). The first kappa shape index (κ1) is 9.21. The van der Waals surface area contributed by atoms with Crippen LogP contribution < -0.4 is 10.9 Å². The van der Waals surface area contributed by atoms with Gasteiger partial charge in [-0.25, -0.2) is 4.98 Å². The van der Waals surface area contributed by atoms with Crippen molar-refractivity contribution in [2.75, 3.05) is 18.5 Å². The maximum absolute atomic E-state index is 11.6. The highest BCUT2D eigenvalue weighted by molar-refractivity contribution is 5.32. The first-order chi connectivity index (χ1) is 6.77. The van der Waals surface area contributed by atoms with Crippen LogP contribution in [0, 0.1) is 0 Å². The molecule has 0 amide bonds. The molecule has 2 heterocycles. The Morgan fingerprint density at radius 3 is 3.29 bits per heavy atom. The second kappa shape index (κ2) is 3.79. The molecule has 1 aromatic heterocycles. The number of hydrogen-bond donors (Lipinski definition) is 1. The zero-order valence-electron chi connectivity index (χ0n) is 8.06. The Morgan fingerprint density at radius 2 is 2.57 bits per heavy atom. The lowest BCUT2D eigenvalue weighted by Gasteiger charge is -2.10. The average molecular weight is 195 g/mol. The van der Waals surface area contributed by atoms with Gasteiger partial charge in [0.15, 0.2) is 5.82 Å². The number of ether oxygens (including phenoxy) is 1. The molecule has 5 nitrogen and oxygen atoms in total. The fraction of sp³-hybridized carbons (Fsp3) is 0.556. The molecule has 14 heavy (non-hydrogen) atoms. The molecule has 1 fully saturated rings. The van der Waals surface area contributed by atoms with Crippen molar-refractivity contribution in [3.8, 4) is 0 Å². The second-order valence-electron chi connectivity index (χ2n) is 3.40. The summed E-state index contributed by atoms with van der Waals surface area (Å²) in [7, 11) is 1.71. The van der Waals surface area contributed by atoms with Crippen molar-refractivity contribution >= 4 is 5.82 Å². The summed E-state index contributed by atoms with van der Waals surface area (Å²) in [5.74, 6) is 0.408. The van der Waals surface area contributed by atoms with E-state index in [2.05, 4.69) is 10.3 Å². The van der Waals surface area contributed by atoms with Crippen LogP contribution in [0.15, 0.2) is 17.2 Å². The van der Waals surface area contributed by atoms with Crippen molar-refractivity contribution in [2.24, 2.45) is 7.05 Å². The summed E-state index contributed by atoms with van der Waals surface area (Å²) < 4.78 is 6.71. The van der Waals surface area contributed by atoms with E-state index in [9.17, 15) is 4.79 Å². The smallest absolute Gasteiger partial charge is 0.293 e. The summed E-state index contributed by atoms with van der Waals surface area (Å²) in [6.45, 7) is 1.41. The van der Waals surface area contributed by atoms with E-state index in [-0.39, 0.29) is 11.6 Å². The molecular formula is C9H13N3O2. The minimum Gasteiger partial charge on any atom is -0.379 e. The number of nitrogens with zero attached hydrogens (tertiary/aromatic N) is 2. The molecule has 2 rings (SSSR count). The lowest BCUT2D eigenvalue weighted by Crippen LogP contribution is -2.28. The highest BCUT2D eigenvalue weighted by atomic mass is 16.5. The molecule has 0 aliphatic carbocycles. The van der Waals surface area contributed by atoms with Gasteiger partial charge >= 0.3 is 0 Å². The fourth-order valence-corrected chi connectivity index (χ4v) is 1.44. The van der Waals surface area contributed by atoms with Gasteiger partial charge in [0, 0.05) is 26.0 Å². The molecule has 1 aliphatic heterocycles. The van der Waals surface area contributed by atoms with Crippen LogP contribution in [0.3, 0.4) is 0 Å². The maximum atomic E-state index is 11.6. The third kappa shape index (κ3) is 1.77. The van der Waals surface area contributed by atoms with Gasteiger partial charge in [0.05, 0.1) is 12.6 Å². The normalized spacial score (nSPS) is 21.1. The molecule has 0 aromatic carbocycles. The molecule has 76 valence electrons. The molecule has 1 aromatic rings. The Bertz CT molecular complexity index is 369. The third-order valence-electron chi connectivity index (χ3n) is 2.29. The van der Waals surface area contributed by atoms with Gasteiger partial charge in [-0.2, -0.15) is 0 Å². The van der Waals surface area contributed by atoms with Gasteiger partial charge in [-0.05, 0) is 6.42 Å². The lowest BCUT2D eigenvalue weighted by molar-refractivity contribution is 0.195. The van der Waals surface area contributed by atoms with Gasteiger partial charge < -0.3 is 14.6 Å². The van der Waals surface area contributed by atoms with E-state index in [1.54, 1.807) is 19.4 Å². The van der Waals surface area contributed by atoms with Crippen LogP contribution in [-0.2, 0) is 11.8 Å². The fourth-order valence-electron chi connectivity index (χ4n) is 1.44. The van der Waals surface area contributed by atoms with Crippen LogP contribution in [0.5, 0.6) is 0 Å². The molecule has 1 unspecified atom stereocenters. The number of rotatable bonds is 2. The minimum atomic E-state index is -0.0978. The quantitative estimate of drug-likeness (QED) is 0.720. The molecule has 1 aliphatic rings. The van der Waals surface area contributed by atoms with Crippen molar-refractivity contribution < 1.29 is 4.74 Å². The SMILES string of the molecule is Cn1ccnc(NC2CCOC2)c1=O. The zero-order chi connectivity index (χ0) is 9.97. The van der Waals surface area contributed by atoms with Crippen molar-refractivity contribution in [1.29, 1.82) is 0 Å². The molecule has 0 spiro atoms. The van der Waals surface area contributed by atoms with Crippen molar-refractivity contribution in [3.63, 3.8) is 0 Å². The van der Waals surface area contributed by atoms with E-state index in [1.165, 1.54) is 4.57 Å². The lowest BCUT2D eigenvalue weighted by atomic mass is 10.3. The largest absolute Gasteiger partial charge is 0.379 e. The predicted octanol–water partition coefficient (Wildman–Crippen LogP) is -0.0189. The molecule has 0 radical (unpaired) electrons. The van der Waals surface area contributed by atoms with Gasteiger partial charge in [-0.1, -0.05) is 0 Å². The molecule has 5 heteroatoms. The summed E-state index contributed by atoms with van der Waals surface area (Å²) in [6.07, 6.45) is 4.18. The first-order valence-electron chi connectivity index (χ1n) is 4.63. The Balaban J connectivity index is 2.16. The van der Waals surface area contributed by atoms with E-state index in [0.717, 1.165) is 13.0 Å². The van der Waals surface area contributed by atoms with Crippen LogP contribution in [0.4, 0.5) is 5.82 Å². The van der Waals surface area contributed by atoms with Crippen molar-refractivity contribution in [1.82, 2.24) is 9.55 Å². The summed E-state index contributed by atoms with van der Waals surface area (Å²) >= 11 is 0. The maximum Gasteiger partial charge on any atom is 0.293 e.